The zero-order valence-electron chi connectivity index (χ0n) is 18.8. The summed E-state index contributed by atoms with van der Waals surface area (Å²) in [7, 11) is 0. The number of imidazole rings is 1. The van der Waals surface area contributed by atoms with E-state index in [1.54, 1.807) is 18.3 Å². The fourth-order valence-electron chi connectivity index (χ4n) is 4.54. The monoisotopic (exact) mass is 449 g/mol. The number of piperidine rings is 1. The molecule has 166 valence electrons. The van der Waals surface area contributed by atoms with Crippen LogP contribution in [-0.2, 0) is 0 Å². The van der Waals surface area contributed by atoms with Gasteiger partial charge in [0.15, 0.2) is 0 Å². The lowest BCUT2D eigenvalue weighted by Gasteiger charge is -2.32. The SMILES string of the molecule is Cc1noc(C)c1C(=O)N1CCCC(c2nc(Nc3ccccc3)n3c(C)c(C)sc23)C1. The molecular weight excluding hydrogens is 422 g/mol. The summed E-state index contributed by atoms with van der Waals surface area (Å²) in [6.07, 6.45) is 1.96. The molecule has 1 saturated heterocycles. The molecule has 0 saturated carbocycles. The number of carbonyl (C=O) groups excluding carboxylic acids is 1. The molecule has 1 aromatic carbocycles. The van der Waals surface area contributed by atoms with Crippen molar-refractivity contribution in [2.24, 2.45) is 0 Å². The van der Waals surface area contributed by atoms with Crippen LogP contribution in [0.4, 0.5) is 11.6 Å². The van der Waals surface area contributed by atoms with Gasteiger partial charge in [0.2, 0.25) is 5.95 Å². The van der Waals surface area contributed by atoms with Gasteiger partial charge in [-0.2, -0.15) is 0 Å². The Kier molecular flexibility index (Phi) is 5.25. The van der Waals surface area contributed by atoms with Crippen molar-refractivity contribution in [1.29, 1.82) is 0 Å². The number of benzene rings is 1. The summed E-state index contributed by atoms with van der Waals surface area (Å²) in [5.74, 6) is 1.60. The van der Waals surface area contributed by atoms with Crippen molar-refractivity contribution in [2.75, 3.05) is 18.4 Å². The van der Waals surface area contributed by atoms with E-state index in [1.165, 1.54) is 10.6 Å². The molecule has 1 amide bonds. The molecule has 32 heavy (non-hydrogen) atoms. The first kappa shape index (κ1) is 20.8. The lowest BCUT2D eigenvalue weighted by Crippen LogP contribution is -2.39. The van der Waals surface area contributed by atoms with Gasteiger partial charge in [0, 0.05) is 35.3 Å². The van der Waals surface area contributed by atoms with Crippen LogP contribution < -0.4 is 5.32 Å². The number of fused-ring (bicyclic) bond motifs is 1. The largest absolute Gasteiger partial charge is 0.361 e. The van der Waals surface area contributed by atoms with Crippen molar-refractivity contribution in [3.8, 4) is 0 Å². The molecule has 0 spiro atoms. The molecule has 7 nitrogen and oxygen atoms in total. The number of hydrogen-bond donors (Lipinski definition) is 1. The Hall–Kier alpha value is -3.13. The lowest BCUT2D eigenvalue weighted by molar-refractivity contribution is 0.0704. The third-order valence-corrected chi connectivity index (χ3v) is 7.51. The molecule has 8 heteroatoms. The van der Waals surface area contributed by atoms with Crippen LogP contribution in [0, 0.1) is 27.7 Å². The summed E-state index contributed by atoms with van der Waals surface area (Å²) in [5, 5.41) is 7.45. The molecule has 0 radical (unpaired) electrons. The zero-order chi connectivity index (χ0) is 22.4. The van der Waals surface area contributed by atoms with Crippen molar-refractivity contribution >= 4 is 33.7 Å². The van der Waals surface area contributed by atoms with E-state index in [0.717, 1.165) is 41.5 Å². The number of aryl methyl sites for hydroxylation is 4. The maximum absolute atomic E-state index is 13.2. The maximum Gasteiger partial charge on any atom is 0.259 e. The van der Waals surface area contributed by atoms with Gasteiger partial charge >= 0.3 is 0 Å². The number of thiazole rings is 1. The number of aromatic nitrogens is 3. The number of nitrogens with zero attached hydrogens (tertiary/aromatic N) is 4. The van der Waals surface area contributed by atoms with E-state index in [2.05, 4.69) is 28.7 Å². The van der Waals surface area contributed by atoms with E-state index in [-0.39, 0.29) is 11.8 Å². The van der Waals surface area contributed by atoms with Crippen molar-refractivity contribution in [2.45, 2.75) is 46.5 Å². The molecule has 1 unspecified atom stereocenters. The summed E-state index contributed by atoms with van der Waals surface area (Å²) < 4.78 is 7.45. The Labute approximate surface area is 191 Å². The van der Waals surface area contributed by atoms with E-state index in [4.69, 9.17) is 9.51 Å². The number of anilines is 2. The van der Waals surface area contributed by atoms with E-state index in [0.29, 0.717) is 23.6 Å². The Bertz CT molecular complexity index is 1270. The first-order valence-electron chi connectivity index (χ1n) is 11.0. The quantitative estimate of drug-likeness (QED) is 0.453. The smallest absolute Gasteiger partial charge is 0.259 e. The van der Waals surface area contributed by atoms with Crippen molar-refractivity contribution in [3.63, 3.8) is 0 Å². The summed E-state index contributed by atoms with van der Waals surface area (Å²) in [4.78, 5) is 22.7. The molecule has 1 atom stereocenters. The Morgan fingerprint density at radius 2 is 1.97 bits per heavy atom. The molecule has 0 aliphatic carbocycles. The van der Waals surface area contributed by atoms with E-state index in [9.17, 15) is 4.79 Å². The molecular formula is C24H27N5O2S. The van der Waals surface area contributed by atoms with Crippen LogP contribution in [0.1, 0.15) is 56.8 Å². The number of nitrogens with one attached hydrogen (secondary N) is 1. The normalized spacial score (nSPS) is 16.6. The van der Waals surface area contributed by atoms with Crippen LogP contribution in [-0.4, -0.2) is 38.4 Å². The van der Waals surface area contributed by atoms with Gasteiger partial charge in [-0.15, -0.1) is 11.3 Å². The van der Waals surface area contributed by atoms with Crippen LogP contribution in [0.3, 0.4) is 0 Å². The van der Waals surface area contributed by atoms with Gasteiger partial charge in [-0.3, -0.25) is 9.20 Å². The number of hydrogen-bond acceptors (Lipinski definition) is 6. The number of amides is 1. The zero-order valence-corrected chi connectivity index (χ0v) is 19.6. The fraction of sp³-hybridized carbons (Fsp3) is 0.375. The highest BCUT2D eigenvalue weighted by atomic mass is 32.1. The second-order valence-electron chi connectivity index (χ2n) is 8.49. The van der Waals surface area contributed by atoms with Gasteiger partial charge in [-0.25, -0.2) is 4.98 Å². The predicted molar refractivity (Wildman–Crippen MR) is 126 cm³/mol. The minimum atomic E-state index is 0.00239. The second-order valence-corrected chi connectivity index (χ2v) is 9.69. The lowest BCUT2D eigenvalue weighted by atomic mass is 9.94. The molecule has 1 aliphatic rings. The summed E-state index contributed by atoms with van der Waals surface area (Å²) in [5.41, 5.74) is 4.52. The Balaban J connectivity index is 1.49. The highest BCUT2D eigenvalue weighted by molar-refractivity contribution is 7.17. The number of likely N-dealkylation sites (tertiary alicyclic amines) is 1. The van der Waals surface area contributed by atoms with Crippen molar-refractivity contribution in [1.82, 2.24) is 19.4 Å². The van der Waals surface area contributed by atoms with E-state index < -0.39 is 0 Å². The van der Waals surface area contributed by atoms with Crippen LogP contribution >= 0.6 is 11.3 Å². The predicted octanol–water partition coefficient (Wildman–Crippen LogP) is 5.38. The van der Waals surface area contributed by atoms with Crippen LogP contribution in [0.5, 0.6) is 0 Å². The van der Waals surface area contributed by atoms with Crippen LogP contribution in [0.25, 0.3) is 4.83 Å². The summed E-state index contributed by atoms with van der Waals surface area (Å²) in [6, 6.07) is 10.1. The number of rotatable bonds is 4. The molecule has 1 N–H and O–H groups in total. The highest BCUT2D eigenvalue weighted by Crippen LogP contribution is 2.37. The van der Waals surface area contributed by atoms with E-state index in [1.807, 2.05) is 42.2 Å². The third-order valence-electron chi connectivity index (χ3n) is 6.33. The van der Waals surface area contributed by atoms with E-state index >= 15 is 0 Å². The molecule has 3 aromatic heterocycles. The van der Waals surface area contributed by atoms with Crippen LogP contribution in [0.15, 0.2) is 34.9 Å². The Morgan fingerprint density at radius 1 is 1.19 bits per heavy atom. The number of para-hydroxylation sites is 1. The summed E-state index contributed by atoms with van der Waals surface area (Å²) >= 11 is 1.77. The third kappa shape index (κ3) is 3.48. The first-order chi connectivity index (χ1) is 15.4. The van der Waals surface area contributed by atoms with Gasteiger partial charge in [-0.05, 0) is 52.7 Å². The minimum Gasteiger partial charge on any atom is -0.361 e. The first-order valence-corrected chi connectivity index (χ1v) is 11.8. The molecule has 4 heterocycles. The number of carbonyl (C=O) groups is 1. The van der Waals surface area contributed by atoms with Crippen LogP contribution in [0.2, 0.25) is 0 Å². The molecule has 4 aromatic rings. The van der Waals surface area contributed by atoms with Crippen molar-refractivity contribution < 1.29 is 9.32 Å². The molecule has 1 fully saturated rings. The van der Waals surface area contributed by atoms with Crippen molar-refractivity contribution in [3.05, 3.63) is 63.6 Å². The van der Waals surface area contributed by atoms with Gasteiger partial charge in [-0.1, -0.05) is 23.4 Å². The molecule has 5 rings (SSSR count). The standard InChI is InChI=1S/C24H27N5O2S/c1-14-20(16(3)31-27-14)22(30)28-12-8-9-18(13-28)21-23-29(15(2)17(4)32-23)24(26-21)25-19-10-6-5-7-11-19/h5-7,10-11,18H,8-9,12-13H2,1-4H3,(H,25,26). The highest BCUT2D eigenvalue weighted by Gasteiger charge is 2.32. The fourth-order valence-corrected chi connectivity index (χ4v) is 5.70. The summed E-state index contributed by atoms with van der Waals surface area (Å²) in [6.45, 7) is 9.30. The molecule has 0 bridgehead atoms. The van der Waals surface area contributed by atoms with Gasteiger partial charge < -0.3 is 14.7 Å². The van der Waals surface area contributed by atoms with Gasteiger partial charge in [0.25, 0.3) is 5.91 Å². The van der Waals surface area contributed by atoms with Gasteiger partial charge in [0.05, 0.1) is 11.4 Å². The Morgan fingerprint density at radius 3 is 2.69 bits per heavy atom. The average Bonchev–Trinajstić information content (AvgIpc) is 3.42. The maximum atomic E-state index is 13.2. The molecule has 1 aliphatic heterocycles. The second kappa shape index (κ2) is 8.09. The minimum absolute atomic E-state index is 0.00239. The van der Waals surface area contributed by atoms with Gasteiger partial charge in [0.1, 0.15) is 16.2 Å². The average molecular weight is 450 g/mol. The topological polar surface area (TPSA) is 75.7 Å².